The molecule has 1 aliphatic rings. The second-order valence-electron chi connectivity index (χ2n) is 7.10. The maximum absolute atomic E-state index is 5.78. The summed E-state index contributed by atoms with van der Waals surface area (Å²) in [5, 5.41) is 0. The summed E-state index contributed by atoms with van der Waals surface area (Å²) in [7, 11) is 0. The summed E-state index contributed by atoms with van der Waals surface area (Å²) in [5.74, 6) is 0.987. The Balaban J connectivity index is 0.00000243. The number of rotatable bonds is 9. The van der Waals surface area contributed by atoms with Gasteiger partial charge in [-0.1, -0.05) is 55.0 Å². The molecule has 1 atom stereocenters. The van der Waals surface area contributed by atoms with E-state index in [0.29, 0.717) is 0 Å². The van der Waals surface area contributed by atoms with Gasteiger partial charge < -0.3 is 9.64 Å². The van der Waals surface area contributed by atoms with E-state index in [2.05, 4.69) is 35.2 Å². The van der Waals surface area contributed by atoms with Gasteiger partial charge in [-0.15, -0.1) is 17.0 Å². The molecule has 0 aliphatic carbocycles. The van der Waals surface area contributed by atoms with Gasteiger partial charge >= 0.3 is 0 Å². The van der Waals surface area contributed by atoms with Crippen LogP contribution < -0.4 is 4.74 Å². The minimum atomic E-state index is 0. The van der Waals surface area contributed by atoms with Crippen LogP contribution >= 0.6 is 17.0 Å². The van der Waals surface area contributed by atoms with Crippen LogP contribution in [0.25, 0.3) is 0 Å². The Hall–Kier alpha value is -1.32. The van der Waals surface area contributed by atoms with E-state index in [4.69, 9.17) is 4.74 Å². The maximum Gasteiger partial charge on any atom is 0.119 e. The Kier molecular flexibility index (Phi) is 9.80. The Morgan fingerprint density at radius 3 is 2.35 bits per heavy atom. The number of likely N-dealkylation sites (tertiary alicyclic amines) is 1. The van der Waals surface area contributed by atoms with Crippen LogP contribution in [0.15, 0.2) is 60.7 Å². The third-order valence-corrected chi connectivity index (χ3v) is 5.16. The largest absolute Gasteiger partial charge is 0.494 e. The minimum absolute atomic E-state index is 0. The summed E-state index contributed by atoms with van der Waals surface area (Å²) in [6.07, 6.45) is 8.99. The fourth-order valence-electron chi connectivity index (χ4n) is 3.77. The van der Waals surface area contributed by atoms with Gasteiger partial charge in [0.25, 0.3) is 0 Å². The first-order chi connectivity index (χ1) is 12.4. The first kappa shape index (κ1) is 21.0. The van der Waals surface area contributed by atoms with Gasteiger partial charge in [0.05, 0.1) is 6.61 Å². The van der Waals surface area contributed by atoms with Crippen LogP contribution in [-0.4, -0.2) is 30.6 Å². The van der Waals surface area contributed by atoms with Crippen molar-refractivity contribution in [2.75, 3.05) is 19.7 Å². The van der Waals surface area contributed by atoms with Crippen molar-refractivity contribution in [1.82, 2.24) is 4.90 Å². The summed E-state index contributed by atoms with van der Waals surface area (Å²) in [6, 6.07) is 21.8. The molecule has 0 spiro atoms. The molecule has 3 heteroatoms. The number of para-hydroxylation sites is 1. The number of benzene rings is 2. The lowest BCUT2D eigenvalue weighted by Gasteiger charge is -2.36. The molecule has 2 nitrogen and oxygen atoms in total. The lowest BCUT2D eigenvalue weighted by Crippen LogP contribution is -2.41. The molecule has 0 radical (unpaired) electrons. The van der Waals surface area contributed by atoms with E-state index in [1.807, 2.05) is 30.3 Å². The van der Waals surface area contributed by atoms with Gasteiger partial charge in [0.15, 0.2) is 0 Å². The predicted octanol–water partition coefficient (Wildman–Crippen LogP) is 5.91. The molecular weight excluding hydrogens is 386 g/mol. The quantitative estimate of drug-likeness (QED) is 0.470. The fraction of sp³-hybridized carbons (Fsp3) is 0.478. The predicted molar refractivity (Wildman–Crippen MR) is 115 cm³/mol. The van der Waals surface area contributed by atoms with Gasteiger partial charge in [0.2, 0.25) is 0 Å². The molecule has 1 unspecified atom stereocenters. The lowest BCUT2D eigenvalue weighted by molar-refractivity contribution is 0.143. The minimum Gasteiger partial charge on any atom is -0.494 e. The van der Waals surface area contributed by atoms with Crippen LogP contribution in [0.3, 0.4) is 0 Å². The molecule has 0 amide bonds. The summed E-state index contributed by atoms with van der Waals surface area (Å²) < 4.78 is 5.78. The van der Waals surface area contributed by atoms with E-state index < -0.39 is 0 Å². The van der Waals surface area contributed by atoms with Crippen LogP contribution in [0.2, 0.25) is 0 Å². The third kappa shape index (κ3) is 7.13. The summed E-state index contributed by atoms with van der Waals surface area (Å²) >= 11 is 0. The molecule has 142 valence electrons. The Bertz CT molecular complexity index is 590. The fourth-order valence-corrected chi connectivity index (χ4v) is 3.77. The van der Waals surface area contributed by atoms with Gasteiger partial charge in [-0.25, -0.2) is 0 Å². The average Bonchev–Trinajstić information content (AvgIpc) is 2.67. The molecule has 1 heterocycles. The first-order valence-corrected chi connectivity index (χ1v) is 9.87. The zero-order chi connectivity index (χ0) is 17.2. The number of ether oxygens (including phenoxy) is 1. The van der Waals surface area contributed by atoms with Gasteiger partial charge in [-0.3, -0.25) is 0 Å². The summed E-state index contributed by atoms with van der Waals surface area (Å²) in [4.78, 5) is 2.73. The van der Waals surface area contributed by atoms with Gasteiger partial charge in [0.1, 0.15) is 5.75 Å². The molecule has 0 aromatic heterocycles. The van der Waals surface area contributed by atoms with E-state index >= 15 is 0 Å². The summed E-state index contributed by atoms with van der Waals surface area (Å²) in [6.45, 7) is 3.35. The molecule has 0 bridgehead atoms. The highest BCUT2D eigenvalue weighted by Gasteiger charge is 2.21. The van der Waals surface area contributed by atoms with E-state index in [9.17, 15) is 0 Å². The highest BCUT2D eigenvalue weighted by atomic mass is 79.9. The van der Waals surface area contributed by atoms with Crippen molar-refractivity contribution < 1.29 is 4.74 Å². The Labute approximate surface area is 169 Å². The number of unbranched alkanes of at least 4 members (excludes halogenated alkanes) is 2. The van der Waals surface area contributed by atoms with E-state index in [0.717, 1.165) is 24.8 Å². The van der Waals surface area contributed by atoms with Crippen LogP contribution in [0.4, 0.5) is 0 Å². The molecule has 3 rings (SSSR count). The van der Waals surface area contributed by atoms with Crippen molar-refractivity contribution in [2.24, 2.45) is 0 Å². The second kappa shape index (κ2) is 12.1. The van der Waals surface area contributed by atoms with E-state index in [1.165, 1.54) is 57.2 Å². The van der Waals surface area contributed by atoms with Gasteiger partial charge in [-0.05, 0) is 69.3 Å². The smallest absolute Gasteiger partial charge is 0.119 e. The normalized spacial score (nSPS) is 17.5. The highest BCUT2D eigenvalue weighted by Crippen LogP contribution is 2.21. The van der Waals surface area contributed by atoms with E-state index in [-0.39, 0.29) is 17.0 Å². The van der Waals surface area contributed by atoms with Crippen molar-refractivity contribution >= 4 is 17.0 Å². The highest BCUT2D eigenvalue weighted by molar-refractivity contribution is 8.93. The third-order valence-electron chi connectivity index (χ3n) is 5.16. The second-order valence-corrected chi connectivity index (χ2v) is 7.10. The van der Waals surface area contributed by atoms with Crippen LogP contribution in [0.1, 0.15) is 44.1 Å². The number of hydrogen-bond acceptors (Lipinski definition) is 2. The van der Waals surface area contributed by atoms with Crippen LogP contribution in [-0.2, 0) is 6.42 Å². The van der Waals surface area contributed by atoms with Gasteiger partial charge in [0, 0.05) is 6.04 Å². The topological polar surface area (TPSA) is 12.5 Å². The number of halogens is 1. The molecule has 1 aliphatic heterocycles. The van der Waals surface area contributed by atoms with Gasteiger partial charge in [-0.2, -0.15) is 0 Å². The SMILES string of the molecule is Br.c1ccc(CC2CCCCN2CCCCCOc2ccccc2)cc1. The average molecular weight is 418 g/mol. The first-order valence-electron chi connectivity index (χ1n) is 9.87. The number of piperidine rings is 1. The standard InChI is InChI=1S/C23H31NO.BrH/c1-4-12-21(13-5-1)20-22-14-8-10-18-24(22)17-9-3-11-19-25-23-15-6-2-7-16-23;/h1-2,4-7,12-13,15-16,22H,3,8-11,14,17-20H2;1H. The van der Waals surface area contributed by atoms with Crippen molar-refractivity contribution in [1.29, 1.82) is 0 Å². The monoisotopic (exact) mass is 417 g/mol. The molecule has 1 saturated heterocycles. The zero-order valence-corrected chi connectivity index (χ0v) is 17.4. The van der Waals surface area contributed by atoms with Crippen molar-refractivity contribution in [3.05, 3.63) is 66.2 Å². The molecule has 2 aromatic rings. The molecule has 26 heavy (non-hydrogen) atoms. The van der Waals surface area contributed by atoms with Crippen LogP contribution in [0, 0.1) is 0 Å². The molecule has 0 N–H and O–H groups in total. The number of nitrogens with zero attached hydrogens (tertiary/aromatic N) is 1. The molecular formula is C23H32BrNO. The zero-order valence-electron chi connectivity index (χ0n) is 15.7. The van der Waals surface area contributed by atoms with Crippen molar-refractivity contribution in [3.63, 3.8) is 0 Å². The lowest BCUT2D eigenvalue weighted by atomic mass is 9.95. The Morgan fingerprint density at radius 2 is 1.58 bits per heavy atom. The maximum atomic E-state index is 5.78. The molecule has 2 aromatic carbocycles. The summed E-state index contributed by atoms with van der Waals surface area (Å²) in [5.41, 5.74) is 1.48. The van der Waals surface area contributed by atoms with Crippen LogP contribution in [0.5, 0.6) is 5.75 Å². The van der Waals surface area contributed by atoms with E-state index in [1.54, 1.807) is 0 Å². The van der Waals surface area contributed by atoms with Crippen molar-refractivity contribution in [2.45, 2.75) is 51.0 Å². The number of hydrogen-bond donors (Lipinski definition) is 0. The van der Waals surface area contributed by atoms with Crippen molar-refractivity contribution in [3.8, 4) is 5.75 Å². The molecule has 0 saturated carbocycles. The Morgan fingerprint density at radius 1 is 0.846 bits per heavy atom. The molecule has 1 fully saturated rings.